The molecule has 72 valence electrons. The molecule has 1 aromatic heterocycles. The van der Waals surface area contributed by atoms with E-state index in [1.54, 1.807) is 13.8 Å². The standard InChI is InChI=1S/C7H8N2O2S.ClH/c1-3-4(2)8-9-6(12)5(3)7(10)11;/h1-2H3,(H,9,12)(H,10,11);1H. The third kappa shape index (κ3) is 2.26. The molecule has 1 heterocycles. The van der Waals surface area contributed by atoms with Crippen LogP contribution in [-0.4, -0.2) is 21.3 Å². The number of aryl methyl sites for hydroxylation is 1. The van der Waals surface area contributed by atoms with Crippen molar-refractivity contribution in [1.82, 2.24) is 10.2 Å². The van der Waals surface area contributed by atoms with Crippen LogP contribution in [0.5, 0.6) is 0 Å². The summed E-state index contributed by atoms with van der Waals surface area (Å²) in [5, 5.41) is 15.1. The highest BCUT2D eigenvalue weighted by Crippen LogP contribution is 2.09. The van der Waals surface area contributed by atoms with E-state index in [0.29, 0.717) is 11.3 Å². The number of aromatic amines is 1. The number of carboxylic acid groups (broad SMARTS) is 1. The summed E-state index contributed by atoms with van der Waals surface area (Å²) in [6.45, 7) is 3.42. The van der Waals surface area contributed by atoms with Crippen LogP contribution < -0.4 is 0 Å². The largest absolute Gasteiger partial charge is 0.478 e. The molecule has 1 rings (SSSR count). The van der Waals surface area contributed by atoms with Gasteiger partial charge in [-0.1, -0.05) is 12.2 Å². The quantitative estimate of drug-likeness (QED) is 0.710. The highest BCUT2D eigenvalue weighted by atomic mass is 35.5. The zero-order valence-corrected chi connectivity index (χ0v) is 8.75. The van der Waals surface area contributed by atoms with Crippen molar-refractivity contribution in [2.45, 2.75) is 13.8 Å². The lowest BCUT2D eigenvalue weighted by molar-refractivity contribution is 0.0694. The van der Waals surface area contributed by atoms with Crippen LogP contribution in [0.3, 0.4) is 0 Å². The van der Waals surface area contributed by atoms with Crippen molar-refractivity contribution in [3.05, 3.63) is 21.5 Å². The molecule has 0 atom stereocenters. The third-order valence-corrected chi connectivity index (χ3v) is 1.98. The Balaban J connectivity index is 0.00000144. The van der Waals surface area contributed by atoms with Crippen molar-refractivity contribution in [3.63, 3.8) is 0 Å². The van der Waals surface area contributed by atoms with E-state index in [1.165, 1.54) is 0 Å². The van der Waals surface area contributed by atoms with Crippen LogP contribution in [0.2, 0.25) is 0 Å². The molecule has 0 unspecified atom stereocenters. The summed E-state index contributed by atoms with van der Waals surface area (Å²) in [5.74, 6) is -1.01. The van der Waals surface area contributed by atoms with E-state index >= 15 is 0 Å². The van der Waals surface area contributed by atoms with E-state index in [2.05, 4.69) is 10.2 Å². The van der Waals surface area contributed by atoms with Crippen molar-refractivity contribution in [2.75, 3.05) is 0 Å². The van der Waals surface area contributed by atoms with Crippen LogP contribution in [0.4, 0.5) is 0 Å². The Kier molecular flexibility index (Phi) is 4.03. The highest BCUT2D eigenvalue weighted by molar-refractivity contribution is 7.71. The van der Waals surface area contributed by atoms with E-state index < -0.39 is 5.97 Å². The number of carboxylic acids is 1. The minimum absolute atomic E-state index is 0. The number of nitrogens with one attached hydrogen (secondary N) is 1. The van der Waals surface area contributed by atoms with Gasteiger partial charge in [0.2, 0.25) is 0 Å². The number of halogens is 1. The summed E-state index contributed by atoms with van der Waals surface area (Å²) >= 11 is 4.78. The first-order valence-electron chi connectivity index (χ1n) is 3.33. The van der Waals surface area contributed by atoms with Crippen LogP contribution in [-0.2, 0) is 0 Å². The van der Waals surface area contributed by atoms with Crippen LogP contribution in [0.25, 0.3) is 0 Å². The monoisotopic (exact) mass is 220 g/mol. The molecule has 0 bridgehead atoms. The first-order chi connectivity index (χ1) is 5.54. The number of nitrogens with zero attached hydrogens (tertiary/aromatic N) is 1. The van der Waals surface area contributed by atoms with Crippen molar-refractivity contribution in [2.24, 2.45) is 0 Å². The predicted octanol–water partition coefficient (Wildman–Crippen LogP) is 1.88. The Hall–Kier alpha value is -0.940. The van der Waals surface area contributed by atoms with E-state index in [-0.39, 0.29) is 22.6 Å². The maximum Gasteiger partial charge on any atom is 0.339 e. The average molecular weight is 221 g/mol. The maximum atomic E-state index is 10.7. The SMILES string of the molecule is Cc1n[nH]c(=S)c(C(=O)O)c1C.Cl. The zero-order chi connectivity index (χ0) is 9.30. The highest BCUT2D eigenvalue weighted by Gasteiger charge is 2.11. The first-order valence-corrected chi connectivity index (χ1v) is 3.74. The second-order valence-corrected chi connectivity index (χ2v) is 2.85. The lowest BCUT2D eigenvalue weighted by Crippen LogP contribution is -2.06. The summed E-state index contributed by atoms with van der Waals surface area (Å²) in [5.41, 5.74) is 1.41. The number of hydrogen-bond donors (Lipinski definition) is 2. The van der Waals surface area contributed by atoms with Gasteiger partial charge in [0, 0.05) is 0 Å². The molecule has 4 nitrogen and oxygen atoms in total. The number of H-pyrrole nitrogens is 1. The average Bonchev–Trinajstić information content (AvgIpc) is 1.97. The molecule has 0 fully saturated rings. The molecule has 2 N–H and O–H groups in total. The molecule has 0 aromatic carbocycles. The van der Waals surface area contributed by atoms with E-state index in [0.717, 1.165) is 0 Å². The molecule has 13 heavy (non-hydrogen) atoms. The summed E-state index contributed by atoms with van der Waals surface area (Å²) in [7, 11) is 0. The van der Waals surface area contributed by atoms with Gasteiger partial charge in [0.1, 0.15) is 10.2 Å². The predicted molar refractivity (Wildman–Crippen MR) is 53.1 cm³/mol. The van der Waals surface area contributed by atoms with Crippen LogP contribution in [0.15, 0.2) is 0 Å². The second kappa shape index (κ2) is 4.34. The number of carbonyl (C=O) groups is 1. The zero-order valence-electron chi connectivity index (χ0n) is 7.12. The second-order valence-electron chi connectivity index (χ2n) is 2.44. The minimum atomic E-state index is -1.01. The molecule has 0 spiro atoms. The van der Waals surface area contributed by atoms with Crippen molar-refractivity contribution < 1.29 is 9.90 Å². The summed E-state index contributed by atoms with van der Waals surface area (Å²) in [4.78, 5) is 10.7. The van der Waals surface area contributed by atoms with Gasteiger partial charge in [-0.15, -0.1) is 12.4 Å². The molecule has 0 radical (unpaired) electrons. The minimum Gasteiger partial charge on any atom is -0.478 e. The lowest BCUT2D eigenvalue weighted by Gasteiger charge is -2.02. The molecule has 6 heteroatoms. The Morgan fingerprint density at radius 2 is 2.08 bits per heavy atom. The van der Waals surface area contributed by atoms with Crippen LogP contribution in [0.1, 0.15) is 21.6 Å². The fourth-order valence-electron chi connectivity index (χ4n) is 0.883. The lowest BCUT2D eigenvalue weighted by atomic mass is 10.1. The third-order valence-electron chi connectivity index (χ3n) is 1.68. The fraction of sp³-hybridized carbons (Fsp3) is 0.286. The van der Waals surface area contributed by atoms with Crippen molar-refractivity contribution in [3.8, 4) is 0 Å². The first kappa shape index (κ1) is 12.1. The molecular weight excluding hydrogens is 212 g/mol. The van der Waals surface area contributed by atoms with E-state index in [9.17, 15) is 4.79 Å². The molecule has 0 aliphatic rings. The number of rotatable bonds is 1. The van der Waals surface area contributed by atoms with Gasteiger partial charge in [0.15, 0.2) is 0 Å². The number of hydrogen-bond acceptors (Lipinski definition) is 3. The molecule has 1 aromatic rings. The van der Waals surface area contributed by atoms with Gasteiger partial charge in [-0.3, -0.25) is 5.10 Å². The smallest absolute Gasteiger partial charge is 0.339 e. The summed E-state index contributed by atoms with van der Waals surface area (Å²) in [6, 6.07) is 0. The van der Waals surface area contributed by atoms with Crippen molar-refractivity contribution >= 4 is 30.6 Å². The van der Waals surface area contributed by atoms with Gasteiger partial charge < -0.3 is 5.11 Å². The van der Waals surface area contributed by atoms with Gasteiger partial charge in [0.05, 0.1) is 5.69 Å². The normalized spacial score (nSPS) is 9.08. The topological polar surface area (TPSA) is 66.0 Å². The molecule has 0 aliphatic heterocycles. The van der Waals surface area contributed by atoms with E-state index in [4.69, 9.17) is 17.3 Å². The summed E-state index contributed by atoms with van der Waals surface area (Å²) in [6.07, 6.45) is 0. The maximum absolute atomic E-state index is 10.7. The Labute approximate surface area is 86.4 Å². The van der Waals surface area contributed by atoms with Crippen LogP contribution >= 0.6 is 24.6 Å². The number of aromatic carboxylic acids is 1. The van der Waals surface area contributed by atoms with Gasteiger partial charge >= 0.3 is 5.97 Å². The van der Waals surface area contributed by atoms with Gasteiger partial charge in [-0.25, -0.2) is 4.79 Å². The summed E-state index contributed by atoms with van der Waals surface area (Å²) < 4.78 is 0.172. The number of aromatic nitrogens is 2. The van der Waals surface area contributed by atoms with Crippen molar-refractivity contribution in [1.29, 1.82) is 0 Å². The van der Waals surface area contributed by atoms with Gasteiger partial charge in [-0.2, -0.15) is 5.10 Å². The molecular formula is C7H9ClN2O2S. The van der Waals surface area contributed by atoms with Gasteiger partial charge in [-0.05, 0) is 19.4 Å². The molecule has 0 aliphatic carbocycles. The molecule has 0 saturated carbocycles. The Morgan fingerprint density at radius 3 is 2.46 bits per heavy atom. The fourth-order valence-corrected chi connectivity index (χ4v) is 1.17. The molecule has 0 amide bonds. The van der Waals surface area contributed by atoms with E-state index in [1.807, 2.05) is 0 Å². The Bertz CT molecular complexity index is 389. The van der Waals surface area contributed by atoms with Gasteiger partial charge in [0.25, 0.3) is 0 Å². The Morgan fingerprint density at radius 1 is 1.54 bits per heavy atom. The molecule has 0 saturated heterocycles. The van der Waals surface area contributed by atoms with Crippen LogP contribution in [0, 0.1) is 18.5 Å².